The van der Waals surface area contributed by atoms with Gasteiger partial charge in [-0.25, -0.2) is 13.8 Å². The van der Waals surface area contributed by atoms with Crippen LogP contribution in [0.4, 0.5) is 22.0 Å². The Bertz CT molecular complexity index is 536. The summed E-state index contributed by atoms with van der Waals surface area (Å²) in [5.74, 6) is 0. The van der Waals surface area contributed by atoms with Gasteiger partial charge in [0, 0.05) is 6.20 Å². The van der Waals surface area contributed by atoms with Gasteiger partial charge in [0.25, 0.3) is 6.43 Å². The largest absolute Gasteiger partial charge is 0.433 e. The third kappa shape index (κ3) is 2.54. The number of alkyl halides is 5. The third-order valence-corrected chi connectivity index (χ3v) is 2.09. The second-order valence-electron chi connectivity index (χ2n) is 3.16. The van der Waals surface area contributed by atoms with Gasteiger partial charge in [0.05, 0.1) is 23.6 Å². The van der Waals surface area contributed by atoms with Crippen molar-refractivity contribution in [2.24, 2.45) is 0 Å². The molecule has 0 spiro atoms. The number of pyridine rings is 1. The summed E-state index contributed by atoms with van der Waals surface area (Å²) >= 11 is 0. The molecule has 0 bridgehead atoms. The fourth-order valence-corrected chi connectivity index (χ4v) is 1.39. The number of halogens is 5. The quantitative estimate of drug-likeness (QED) is 0.769. The Hall–Kier alpha value is -2.22. The predicted octanol–water partition coefficient (Wildman–Crippen LogP) is 2.98. The Morgan fingerprint density at radius 2 is 1.89 bits per heavy atom. The molecule has 0 radical (unpaired) electrons. The van der Waals surface area contributed by atoms with Crippen LogP contribution in [-0.4, -0.2) is 4.98 Å². The lowest BCUT2D eigenvalue weighted by Crippen LogP contribution is -2.15. The van der Waals surface area contributed by atoms with E-state index in [9.17, 15) is 22.0 Å². The van der Waals surface area contributed by atoms with Crippen LogP contribution >= 0.6 is 0 Å². The van der Waals surface area contributed by atoms with Crippen LogP contribution in [0.15, 0.2) is 6.20 Å². The SMILES string of the molecule is N#CCc1c(C#N)cnc(C(F)(F)F)c1C(F)F. The summed E-state index contributed by atoms with van der Waals surface area (Å²) in [6.07, 6.45) is -8.70. The Morgan fingerprint density at radius 1 is 1.28 bits per heavy atom. The number of hydrogen-bond donors (Lipinski definition) is 0. The van der Waals surface area contributed by atoms with E-state index < -0.39 is 41.4 Å². The van der Waals surface area contributed by atoms with Gasteiger partial charge in [0.15, 0.2) is 5.69 Å². The highest BCUT2D eigenvalue weighted by Gasteiger charge is 2.39. The lowest BCUT2D eigenvalue weighted by molar-refractivity contribution is -0.143. The number of nitriles is 2. The van der Waals surface area contributed by atoms with Gasteiger partial charge in [-0.15, -0.1) is 0 Å². The summed E-state index contributed by atoms with van der Waals surface area (Å²) in [4.78, 5) is 2.85. The minimum Gasteiger partial charge on any atom is -0.250 e. The molecular weight excluding hydrogens is 257 g/mol. The zero-order valence-electron chi connectivity index (χ0n) is 8.59. The van der Waals surface area contributed by atoms with Crippen molar-refractivity contribution in [3.05, 3.63) is 28.6 Å². The van der Waals surface area contributed by atoms with E-state index in [1.807, 2.05) is 0 Å². The van der Waals surface area contributed by atoms with E-state index in [-0.39, 0.29) is 0 Å². The molecule has 1 rings (SSSR count). The Balaban J connectivity index is 3.65. The second-order valence-corrected chi connectivity index (χ2v) is 3.16. The first-order valence-electron chi connectivity index (χ1n) is 4.47. The van der Waals surface area contributed by atoms with Crippen LogP contribution in [0, 0.1) is 22.7 Å². The maximum atomic E-state index is 12.7. The van der Waals surface area contributed by atoms with Crippen LogP contribution in [0.25, 0.3) is 0 Å². The molecule has 1 aromatic heterocycles. The van der Waals surface area contributed by atoms with Crippen LogP contribution in [0.1, 0.15) is 28.8 Å². The lowest BCUT2D eigenvalue weighted by atomic mass is 9.99. The van der Waals surface area contributed by atoms with Crippen molar-refractivity contribution >= 4 is 0 Å². The molecule has 0 saturated heterocycles. The van der Waals surface area contributed by atoms with Gasteiger partial charge in [0.1, 0.15) is 6.07 Å². The van der Waals surface area contributed by atoms with Gasteiger partial charge in [-0.1, -0.05) is 0 Å². The standard InChI is InChI=1S/C10H4F5N3/c11-9(12)7-6(1-2-16)5(3-17)4-18-8(7)10(13,14)15/h4,9H,1H2. The molecule has 0 saturated carbocycles. The minimum atomic E-state index is -5.07. The molecule has 1 heterocycles. The summed E-state index contributed by atoms with van der Waals surface area (Å²) in [5, 5.41) is 17.1. The van der Waals surface area contributed by atoms with Gasteiger partial charge in [-0.2, -0.15) is 23.7 Å². The lowest BCUT2D eigenvalue weighted by Gasteiger charge is -2.14. The highest BCUT2D eigenvalue weighted by atomic mass is 19.4. The molecule has 0 aromatic carbocycles. The molecule has 1 aromatic rings. The van der Waals surface area contributed by atoms with Gasteiger partial charge >= 0.3 is 6.18 Å². The number of aromatic nitrogens is 1. The van der Waals surface area contributed by atoms with Crippen LogP contribution in [0.5, 0.6) is 0 Å². The molecule has 0 N–H and O–H groups in total. The average Bonchev–Trinajstić information content (AvgIpc) is 2.27. The first-order valence-corrected chi connectivity index (χ1v) is 4.47. The molecule has 94 valence electrons. The monoisotopic (exact) mass is 261 g/mol. The van der Waals surface area contributed by atoms with Crippen LogP contribution in [0.3, 0.4) is 0 Å². The van der Waals surface area contributed by atoms with Gasteiger partial charge in [-0.3, -0.25) is 0 Å². The molecule has 0 aliphatic carbocycles. The Morgan fingerprint density at radius 3 is 2.28 bits per heavy atom. The molecular formula is C10H4F5N3. The van der Waals surface area contributed by atoms with Crippen molar-refractivity contribution in [1.82, 2.24) is 4.98 Å². The van der Waals surface area contributed by atoms with E-state index in [1.165, 1.54) is 12.1 Å². The first-order chi connectivity index (χ1) is 8.32. The van der Waals surface area contributed by atoms with Crippen molar-refractivity contribution in [3.8, 4) is 12.1 Å². The molecule has 0 fully saturated rings. The van der Waals surface area contributed by atoms with Crippen molar-refractivity contribution < 1.29 is 22.0 Å². The maximum absolute atomic E-state index is 12.7. The third-order valence-electron chi connectivity index (χ3n) is 2.09. The summed E-state index contributed by atoms with van der Waals surface area (Å²) < 4.78 is 62.9. The zero-order valence-corrected chi connectivity index (χ0v) is 8.59. The van der Waals surface area contributed by atoms with E-state index in [2.05, 4.69) is 4.98 Å². The predicted molar refractivity (Wildman–Crippen MR) is 48.2 cm³/mol. The summed E-state index contributed by atoms with van der Waals surface area (Å²) in [7, 11) is 0. The highest BCUT2D eigenvalue weighted by molar-refractivity contribution is 5.46. The topological polar surface area (TPSA) is 60.5 Å². The maximum Gasteiger partial charge on any atom is 0.433 e. The Labute approximate surface area is 98.1 Å². The average molecular weight is 261 g/mol. The van der Waals surface area contributed by atoms with E-state index in [4.69, 9.17) is 10.5 Å². The first kappa shape index (κ1) is 13.8. The number of hydrogen-bond acceptors (Lipinski definition) is 3. The van der Waals surface area contributed by atoms with Crippen molar-refractivity contribution in [2.75, 3.05) is 0 Å². The molecule has 18 heavy (non-hydrogen) atoms. The van der Waals surface area contributed by atoms with Crippen LogP contribution in [-0.2, 0) is 12.6 Å². The summed E-state index contributed by atoms with van der Waals surface area (Å²) in [6, 6.07) is 2.89. The molecule has 0 aliphatic heterocycles. The highest BCUT2D eigenvalue weighted by Crippen LogP contribution is 2.37. The van der Waals surface area contributed by atoms with Gasteiger partial charge < -0.3 is 0 Å². The van der Waals surface area contributed by atoms with E-state index in [0.29, 0.717) is 6.20 Å². The Kier molecular flexibility index (Phi) is 3.82. The smallest absolute Gasteiger partial charge is 0.250 e. The molecule has 0 atom stereocenters. The molecule has 0 amide bonds. The van der Waals surface area contributed by atoms with E-state index >= 15 is 0 Å². The van der Waals surface area contributed by atoms with E-state index in [1.54, 1.807) is 0 Å². The number of rotatable bonds is 2. The molecule has 0 aliphatic rings. The van der Waals surface area contributed by atoms with Crippen molar-refractivity contribution in [1.29, 1.82) is 10.5 Å². The fraction of sp³-hybridized carbons (Fsp3) is 0.300. The van der Waals surface area contributed by atoms with E-state index in [0.717, 1.165) is 0 Å². The zero-order chi connectivity index (χ0) is 13.9. The molecule has 3 nitrogen and oxygen atoms in total. The van der Waals surface area contributed by atoms with Crippen molar-refractivity contribution in [2.45, 2.75) is 19.0 Å². The van der Waals surface area contributed by atoms with Crippen molar-refractivity contribution in [3.63, 3.8) is 0 Å². The summed E-state index contributed by atoms with van der Waals surface area (Å²) in [6.45, 7) is 0. The van der Waals surface area contributed by atoms with Crippen LogP contribution < -0.4 is 0 Å². The minimum absolute atomic E-state index is 0.458. The normalized spacial score (nSPS) is 11.1. The molecule has 0 unspecified atom stereocenters. The van der Waals surface area contributed by atoms with Crippen LogP contribution in [0.2, 0.25) is 0 Å². The second kappa shape index (κ2) is 4.96. The summed E-state index contributed by atoms with van der Waals surface area (Å²) in [5.41, 5.74) is -4.25. The molecule has 8 heteroatoms. The number of nitrogens with zero attached hydrogens (tertiary/aromatic N) is 3. The van der Waals surface area contributed by atoms with Gasteiger partial charge in [-0.05, 0) is 5.56 Å². The fourth-order valence-electron chi connectivity index (χ4n) is 1.39. The van der Waals surface area contributed by atoms with Gasteiger partial charge in [0.2, 0.25) is 0 Å².